The van der Waals surface area contributed by atoms with Crippen LogP contribution in [0.2, 0.25) is 0 Å². The van der Waals surface area contributed by atoms with E-state index in [0.29, 0.717) is 0 Å². The highest BCUT2D eigenvalue weighted by Crippen LogP contribution is 2.37. The number of hydrogen-bond acceptors (Lipinski definition) is 3. The van der Waals surface area contributed by atoms with Crippen LogP contribution in [0.4, 0.5) is 5.69 Å². The van der Waals surface area contributed by atoms with E-state index in [0.717, 1.165) is 23.6 Å². The lowest BCUT2D eigenvalue weighted by atomic mass is 9.96. The quantitative estimate of drug-likeness (QED) is 0.422. The normalized spacial score (nSPS) is 16.1. The Morgan fingerprint density at radius 3 is 2.28 bits per heavy atom. The second-order valence-corrected chi connectivity index (χ2v) is 7.28. The number of anilines is 1. The van der Waals surface area contributed by atoms with Crippen LogP contribution in [0.25, 0.3) is 10.8 Å². The fourth-order valence-electron chi connectivity index (χ4n) is 3.96. The number of fused-ring (bicyclic) bond motifs is 1. The lowest BCUT2D eigenvalue weighted by molar-refractivity contribution is 0.414. The number of ether oxygens (including phenoxy) is 1. The smallest absolute Gasteiger partial charge is 0.118 e. The first kappa shape index (κ1) is 17.5. The average Bonchev–Trinajstić information content (AvgIpc) is 3.25. The molecule has 3 nitrogen and oxygen atoms in total. The molecule has 0 aromatic heterocycles. The van der Waals surface area contributed by atoms with E-state index < -0.39 is 0 Å². The minimum absolute atomic E-state index is 0.157. The minimum atomic E-state index is 0.157. The number of para-hydroxylation sites is 1. The largest absolute Gasteiger partial charge is 0.497 e. The van der Waals surface area contributed by atoms with Crippen molar-refractivity contribution in [2.45, 2.75) is 12.5 Å². The highest BCUT2D eigenvalue weighted by atomic mass is 16.5. The van der Waals surface area contributed by atoms with Gasteiger partial charge in [0.2, 0.25) is 0 Å². The average molecular weight is 378 g/mol. The van der Waals surface area contributed by atoms with Crippen LogP contribution in [0.5, 0.6) is 5.75 Å². The van der Waals surface area contributed by atoms with E-state index in [1.165, 1.54) is 21.9 Å². The molecule has 1 atom stereocenters. The number of methoxy groups -OCH3 is 1. The number of rotatable bonds is 4. The van der Waals surface area contributed by atoms with Gasteiger partial charge in [0.05, 0.1) is 24.6 Å². The van der Waals surface area contributed by atoms with E-state index >= 15 is 0 Å². The SMILES string of the molecule is COc1ccc([C@H]2CC(c3ccc4ccccc4c3)=NN2c2ccccc2)cc1. The molecular weight excluding hydrogens is 356 g/mol. The molecule has 0 bridgehead atoms. The van der Waals surface area contributed by atoms with Gasteiger partial charge in [-0.05, 0) is 52.2 Å². The predicted octanol–water partition coefficient (Wildman–Crippen LogP) is 6.20. The van der Waals surface area contributed by atoms with Gasteiger partial charge in [-0.1, -0.05) is 66.7 Å². The molecule has 0 saturated carbocycles. The molecule has 0 aliphatic carbocycles. The molecule has 29 heavy (non-hydrogen) atoms. The predicted molar refractivity (Wildman–Crippen MR) is 120 cm³/mol. The molecule has 0 N–H and O–H groups in total. The van der Waals surface area contributed by atoms with Gasteiger partial charge in [-0.15, -0.1) is 0 Å². The van der Waals surface area contributed by atoms with Crippen molar-refractivity contribution < 1.29 is 4.74 Å². The van der Waals surface area contributed by atoms with Gasteiger partial charge in [0.25, 0.3) is 0 Å². The molecule has 3 heteroatoms. The Kier molecular flexibility index (Phi) is 4.49. The summed E-state index contributed by atoms with van der Waals surface area (Å²) in [7, 11) is 1.70. The van der Waals surface area contributed by atoms with Crippen molar-refractivity contribution in [2.75, 3.05) is 12.1 Å². The van der Waals surface area contributed by atoms with Crippen molar-refractivity contribution in [2.24, 2.45) is 5.10 Å². The molecule has 0 saturated heterocycles. The van der Waals surface area contributed by atoms with Gasteiger partial charge >= 0.3 is 0 Å². The summed E-state index contributed by atoms with van der Waals surface area (Å²) >= 11 is 0. The van der Waals surface area contributed by atoms with Gasteiger partial charge in [0.15, 0.2) is 0 Å². The summed E-state index contributed by atoms with van der Waals surface area (Å²) in [5.41, 5.74) is 4.62. The second kappa shape index (κ2) is 7.44. The number of nitrogens with zero attached hydrogens (tertiary/aromatic N) is 2. The van der Waals surface area contributed by atoms with Crippen molar-refractivity contribution in [1.29, 1.82) is 0 Å². The lowest BCUT2D eigenvalue weighted by Crippen LogP contribution is -2.18. The zero-order chi connectivity index (χ0) is 19.6. The Morgan fingerprint density at radius 2 is 1.52 bits per heavy atom. The Labute approximate surface area is 170 Å². The van der Waals surface area contributed by atoms with Gasteiger partial charge in [0, 0.05) is 6.42 Å². The van der Waals surface area contributed by atoms with Crippen LogP contribution >= 0.6 is 0 Å². The van der Waals surface area contributed by atoms with Crippen molar-refractivity contribution in [3.05, 3.63) is 108 Å². The number of hydrogen-bond donors (Lipinski definition) is 0. The van der Waals surface area contributed by atoms with Crippen LogP contribution < -0.4 is 9.75 Å². The lowest BCUT2D eigenvalue weighted by Gasteiger charge is -2.24. The zero-order valence-electron chi connectivity index (χ0n) is 16.3. The maximum absolute atomic E-state index is 5.33. The first-order valence-corrected chi connectivity index (χ1v) is 9.87. The van der Waals surface area contributed by atoms with Crippen molar-refractivity contribution in [3.8, 4) is 5.75 Å². The highest BCUT2D eigenvalue weighted by Gasteiger charge is 2.29. The van der Waals surface area contributed by atoms with E-state index in [4.69, 9.17) is 9.84 Å². The van der Waals surface area contributed by atoms with Gasteiger partial charge in [-0.25, -0.2) is 0 Å². The van der Waals surface area contributed by atoms with E-state index in [9.17, 15) is 0 Å². The molecule has 142 valence electrons. The Hall–Kier alpha value is -3.59. The van der Waals surface area contributed by atoms with Gasteiger partial charge in [0.1, 0.15) is 5.75 Å². The topological polar surface area (TPSA) is 24.8 Å². The molecule has 1 heterocycles. The van der Waals surface area contributed by atoms with Gasteiger partial charge in [-0.2, -0.15) is 5.10 Å². The van der Waals surface area contributed by atoms with Crippen LogP contribution in [-0.2, 0) is 0 Å². The number of hydrazone groups is 1. The molecule has 5 rings (SSSR count). The summed E-state index contributed by atoms with van der Waals surface area (Å²) in [6, 6.07) is 33.9. The van der Waals surface area contributed by atoms with E-state index in [1.54, 1.807) is 7.11 Å². The third-order valence-electron chi connectivity index (χ3n) is 5.51. The third kappa shape index (κ3) is 3.36. The van der Waals surface area contributed by atoms with Crippen molar-refractivity contribution >= 4 is 22.2 Å². The molecule has 0 fully saturated rings. The molecular formula is C26H22N2O. The van der Waals surface area contributed by atoms with Crippen LogP contribution in [0.15, 0.2) is 102 Å². The highest BCUT2D eigenvalue weighted by molar-refractivity contribution is 6.05. The number of benzene rings is 4. The maximum atomic E-state index is 5.33. The molecule has 0 spiro atoms. The molecule has 0 amide bonds. The first-order valence-electron chi connectivity index (χ1n) is 9.87. The first-order chi connectivity index (χ1) is 14.3. The van der Waals surface area contributed by atoms with Gasteiger partial charge in [-0.3, -0.25) is 5.01 Å². The van der Waals surface area contributed by atoms with E-state index in [-0.39, 0.29) is 6.04 Å². The summed E-state index contributed by atoms with van der Waals surface area (Å²) in [5.74, 6) is 0.869. The summed E-state index contributed by atoms with van der Waals surface area (Å²) in [5, 5.41) is 9.69. The molecule has 4 aromatic carbocycles. The second-order valence-electron chi connectivity index (χ2n) is 7.28. The molecule has 0 unspecified atom stereocenters. The van der Waals surface area contributed by atoms with Crippen molar-refractivity contribution in [3.63, 3.8) is 0 Å². The van der Waals surface area contributed by atoms with E-state index in [2.05, 4.69) is 83.9 Å². The summed E-state index contributed by atoms with van der Waals surface area (Å²) < 4.78 is 5.33. The van der Waals surface area contributed by atoms with Crippen LogP contribution in [0, 0.1) is 0 Å². The fourth-order valence-corrected chi connectivity index (χ4v) is 3.96. The van der Waals surface area contributed by atoms with Crippen LogP contribution in [0.1, 0.15) is 23.6 Å². The molecule has 1 aliphatic heterocycles. The summed E-state index contributed by atoms with van der Waals surface area (Å²) in [6.07, 6.45) is 0.861. The standard InChI is InChI=1S/C26H22N2O/c1-29-24-15-13-20(14-16-24)26-18-25(27-28(26)23-9-3-2-4-10-23)22-12-11-19-7-5-6-8-21(19)17-22/h2-17,26H,18H2,1H3/t26-/m1/s1. The van der Waals surface area contributed by atoms with Gasteiger partial charge < -0.3 is 4.74 Å². The Bertz CT molecular complexity index is 1170. The van der Waals surface area contributed by atoms with Crippen molar-refractivity contribution in [1.82, 2.24) is 0 Å². The molecule has 0 radical (unpaired) electrons. The summed E-state index contributed by atoms with van der Waals surface area (Å²) in [6.45, 7) is 0. The molecule has 4 aromatic rings. The Morgan fingerprint density at radius 1 is 0.793 bits per heavy atom. The maximum Gasteiger partial charge on any atom is 0.118 e. The fraction of sp³-hybridized carbons (Fsp3) is 0.115. The third-order valence-corrected chi connectivity index (χ3v) is 5.51. The van der Waals surface area contributed by atoms with Crippen LogP contribution in [-0.4, -0.2) is 12.8 Å². The Balaban J connectivity index is 1.55. The zero-order valence-corrected chi connectivity index (χ0v) is 16.3. The monoisotopic (exact) mass is 378 g/mol. The minimum Gasteiger partial charge on any atom is -0.497 e. The summed E-state index contributed by atoms with van der Waals surface area (Å²) in [4.78, 5) is 0. The molecule has 1 aliphatic rings. The van der Waals surface area contributed by atoms with Crippen LogP contribution in [0.3, 0.4) is 0 Å². The van der Waals surface area contributed by atoms with E-state index in [1.807, 2.05) is 18.2 Å².